The van der Waals surface area contributed by atoms with Gasteiger partial charge in [-0.2, -0.15) is 0 Å². The fourth-order valence-corrected chi connectivity index (χ4v) is 4.34. The molecule has 0 N–H and O–H groups in total. The zero-order valence-corrected chi connectivity index (χ0v) is 19.9. The molecule has 2 heterocycles. The molecule has 33 heavy (non-hydrogen) atoms. The summed E-state index contributed by atoms with van der Waals surface area (Å²) in [6.45, 7) is 9.58. The predicted molar refractivity (Wildman–Crippen MR) is 130 cm³/mol. The van der Waals surface area contributed by atoms with Crippen LogP contribution in [0.15, 0.2) is 53.2 Å². The van der Waals surface area contributed by atoms with Gasteiger partial charge in [0.1, 0.15) is 17.1 Å². The second kappa shape index (κ2) is 9.71. The molecule has 0 aliphatic carbocycles. The molecular formula is C27H31NO5. The molecule has 1 aliphatic rings. The molecule has 0 bridgehead atoms. The number of methoxy groups -OCH3 is 1. The number of amides is 1. The Morgan fingerprint density at radius 1 is 1.15 bits per heavy atom. The van der Waals surface area contributed by atoms with Crippen LogP contribution in [0.3, 0.4) is 0 Å². The summed E-state index contributed by atoms with van der Waals surface area (Å²) in [5.74, 6) is 1.49. The van der Waals surface area contributed by atoms with Gasteiger partial charge in [0.15, 0.2) is 0 Å². The van der Waals surface area contributed by atoms with E-state index in [2.05, 4.69) is 0 Å². The molecule has 3 aromatic rings. The Hall–Kier alpha value is -3.25. The van der Waals surface area contributed by atoms with Gasteiger partial charge in [0.25, 0.3) is 0 Å². The van der Waals surface area contributed by atoms with E-state index in [0.29, 0.717) is 25.4 Å². The first kappa shape index (κ1) is 22.9. The van der Waals surface area contributed by atoms with Crippen LogP contribution in [0.25, 0.3) is 27.7 Å². The van der Waals surface area contributed by atoms with Crippen LogP contribution in [-0.2, 0) is 9.53 Å². The number of allylic oxidation sites excluding steroid dienone is 1. The van der Waals surface area contributed by atoms with Crippen molar-refractivity contribution >= 4 is 22.4 Å². The Bertz CT molecular complexity index is 1150. The lowest BCUT2D eigenvalue weighted by atomic mass is 9.99. The number of hydrogen-bond donors (Lipinski definition) is 0. The van der Waals surface area contributed by atoms with Gasteiger partial charge in [0.05, 0.1) is 32.2 Å². The second-order valence-corrected chi connectivity index (χ2v) is 8.48. The summed E-state index contributed by atoms with van der Waals surface area (Å²) in [4.78, 5) is 14.9. The van der Waals surface area contributed by atoms with Crippen LogP contribution in [0, 0.1) is 0 Å². The number of hydrogen-bond acceptors (Lipinski definition) is 5. The van der Waals surface area contributed by atoms with E-state index in [0.717, 1.165) is 39.0 Å². The number of ether oxygens (including phenoxy) is 3. The average Bonchev–Trinajstić information content (AvgIpc) is 3.21. The van der Waals surface area contributed by atoms with Gasteiger partial charge in [0.2, 0.25) is 5.91 Å². The van der Waals surface area contributed by atoms with Crippen LogP contribution < -0.4 is 9.47 Å². The van der Waals surface area contributed by atoms with Crippen molar-refractivity contribution in [2.75, 3.05) is 26.8 Å². The summed E-state index contributed by atoms with van der Waals surface area (Å²) in [7, 11) is 1.65. The predicted octanol–water partition coefficient (Wildman–Crippen LogP) is 5.55. The zero-order chi connectivity index (χ0) is 23.5. The lowest BCUT2D eigenvalue weighted by Crippen LogP contribution is -2.47. The number of fused-ring (bicyclic) bond motifs is 1. The minimum atomic E-state index is -0.0142. The Morgan fingerprint density at radius 2 is 1.85 bits per heavy atom. The summed E-state index contributed by atoms with van der Waals surface area (Å²) >= 11 is 0. The maximum absolute atomic E-state index is 13.0. The molecule has 1 aliphatic heterocycles. The third-order valence-electron chi connectivity index (χ3n) is 5.87. The van der Waals surface area contributed by atoms with E-state index in [1.165, 1.54) is 0 Å². The fourth-order valence-electron chi connectivity index (χ4n) is 4.34. The number of carbonyl (C=O) groups is 1. The van der Waals surface area contributed by atoms with Crippen LogP contribution in [0.1, 0.15) is 33.3 Å². The molecule has 0 radical (unpaired) electrons. The lowest BCUT2D eigenvalue weighted by Gasteiger charge is -2.34. The summed E-state index contributed by atoms with van der Waals surface area (Å²) < 4.78 is 22.8. The van der Waals surface area contributed by atoms with Gasteiger partial charge in [-0.3, -0.25) is 4.79 Å². The second-order valence-electron chi connectivity index (χ2n) is 8.48. The molecule has 2 unspecified atom stereocenters. The van der Waals surface area contributed by atoms with E-state index < -0.39 is 0 Å². The van der Waals surface area contributed by atoms with Gasteiger partial charge in [-0.1, -0.05) is 12.1 Å². The summed E-state index contributed by atoms with van der Waals surface area (Å²) in [6.07, 6.45) is 3.51. The molecule has 6 nitrogen and oxygen atoms in total. The number of morpholine rings is 1. The average molecular weight is 450 g/mol. The molecule has 1 saturated heterocycles. The van der Waals surface area contributed by atoms with Gasteiger partial charge in [0, 0.05) is 41.7 Å². The first-order valence-corrected chi connectivity index (χ1v) is 11.3. The SMILES string of the molecule is CCOc1cc2occ(-c3ccc(OC)cc3)c2cc1/C(C)=C/C(=O)N1CC(C)OC(C)C1. The topological polar surface area (TPSA) is 61.1 Å². The Kier molecular flexibility index (Phi) is 6.75. The summed E-state index contributed by atoms with van der Waals surface area (Å²) in [5.41, 5.74) is 4.47. The highest BCUT2D eigenvalue weighted by Gasteiger charge is 2.25. The van der Waals surface area contributed by atoms with Gasteiger partial charge < -0.3 is 23.5 Å². The third kappa shape index (κ3) is 4.91. The first-order valence-electron chi connectivity index (χ1n) is 11.3. The quantitative estimate of drug-likeness (QED) is 0.462. The highest BCUT2D eigenvalue weighted by atomic mass is 16.5. The molecule has 2 aromatic carbocycles. The molecule has 1 fully saturated rings. The van der Waals surface area contributed by atoms with Crippen LogP contribution in [0.5, 0.6) is 11.5 Å². The molecule has 0 saturated carbocycles. The molecule has 0 spiro atoms. The van der Waals surface area contributed by atoms with Crippen molar-refractivity contribution in [1.82, 2.24) is 4.90 Å². The third-order valence-corrected chi connectivity index (χ3v) is 5.87. The number of benzene rings is 2. The smallest absolute Gasteiger partial charge is 0.247 e. The van der Waals surface area contributed by atoms with Crippen LogP contribution in [-0.4, -0.2) is 49.8 Å². The summed E-state index contributed by atoms with van der Waals surface area (Å²) in [6, 6.07) is 11.8. The van der Waals surface area contributed by atoms with Crippen molar-refractivity contribution < 1.29 is 23.4 Å². The highest BCUT2D eigenvalue weighted by Crippen LogP contribution is 2.38. The summed E-state index contributed by atoms with van der Waals surface area (Å²) in [5, 5.41) is 0.965. The normalized spacial score (nSPS) is 19.1. The minimum absolute atomic E-state index is 0.0142. The van der Waals surface area contributed by atoms with E-state index in [4.69, 9.17) is 18.6 Å². The molecule has 2 atom stereocenters. The number of rotatable bonds is 6. The van der Waals surface area contributed by atoms with Crippen molar-refractivity contribution in [2.24, 2.45) is 0 Å². The first-order chi connectivity index (χ1) is 15.9. The van der Waals surface area contributed by atoms with Crippen molar-refractivity contribution in [3.63, 3.8) is 0 Å². The van der Waals surface area contributed by atoms with Gasteiger partial charge in [-0.25, -0.2) is 0 Å². The monoisotopic (exact) mass is 449 g/mol. The van der Waals surface area contributed by atoms with Crippen molar-refractivity contribution in [1.29, 1.82) is 0 Å². The maximum Gasteiger partial charge on any atom is 0.247 e. The van der Waals surface area contributed by atoms with Crippen molar-refractivity contribution in [3.05, 3.63) is 54.3 Å². The van der Waals surface area contributed by atoms with E-state index >= 15 is 0 Å². The van der Waals surface area contributed by atoms with Crippen molar-refractivity contribution in [3.8, 4) is 22.6 Å². The Morgan fingerprint density at radius 3 is 2.48 bits per heavy atom. The minimum Gasteiger partial charge on any atom is -0.497 e. The fraction of sp³-hybridized carbons (Fsp3) is 0.370. The molecule has 6 heteroatoms. The Balaban J connectivity index is 1.72. The molecular weight excluding hydrogens is 418 g/mol. The van der Waals surface area contributed by atoms with Crippen molar-refractivity contribution in [2.45, 2.75) is 39.9 Å². The lowest BCUT2D eigenvalue weighted by molar-refractivity contribution is -0.137. The molecule has 174 valence electrons. The number of carbonyl (C=O) groups excluding carboxylic acids is 1. The zero-order valence-electron chi connectivity index (χ0n) is 19.9. The van der Waals surface area contributed by atoms with Crippen LogP contribution in [0.2, 0.25) is 0 Å². The standard InChI is InChI=1S/C27H31NO5/c1-6-31-25-13-26-23(24(16-32-26)20-7-9-21(30-5)10-8-20)12-22(25)17(2)11-27(29)28-14-18(3)33-19(4)15-28/h7-13,16,18-19H,6,14-15H2,1-5H3/b17-11+. The maximum atomic E-state index is 13.0. The number of nitrogens with zero attached hydrogens (tertiary/aromatic N) is 1. The highest BCUT2D eigenvalue weighted by molar-refractivity contribution is 6.00. The largest absolute Gasteiger partial charge is 0.497 e. The van der Waals surface area contributed by atoms with E-state index in [-0.39, 0.29) is 18.1 Å². The van der Waals surface area contributed by atoms with E-state index in [1.807, 2.05) is 69.0 Å². The molecule has 4 rings (SSSR count). The van der Waals surface area contributed by atoms with Gasteiger partial charge >= 0.3 is 0 Å². The number of furan rings is 1. The van der Waals surface area contributed by atoms with Gasteiger partial charge in [-0.05, 0) is 57.0 Å². The van der Waals surface area contributed by atoms with E-state index in [1.54, 1.807) is 19.4 Å². The van der Waals surface area contributed by atoms with Gasteiger partial charge in [-0.15, -0.1) is 0 Å². The molecule has 1 aromatic heterocycles. The molecule has 1 amide bonds. The van der Waals surface area contributed by atoms with Crippen LogP contribution >= 0.6 is 0 Å². The van der Waals surface area contributed by atoms with E-state index in [9.17, 15) is 4.79 Å². The van der Waals surface area contributed by atoms with Crippen LogP contribution in [0.4, 0.5) is 0 Å². The Labute approximate surface area is 194 Å².